The molecular weight excluding hydrogens is 473 g/mol. The van der Waals surface area contributed by atoms with E-state index in [4.69, 9.17) is 0 Å². The normalized spacial score (nSPS) is 17.1. The van der Waals surface area contributed by atoms with Gasteiger partial charge in [-0.15, -0.1) is 0 Å². The molecule has 0 saturated heterocycles. The van der Waals surface area contributed by atoms with Crippen molar-refractivity contribution in [1.82, 2.24) is 4.48 Å². The van der Waals surface area contributed by atoms with Gasteiger partial charge in [0.1, 0.15) is 5.71 Å². The second kappa shape index (κ2) is 7.66. The van der Waals surface area contributed by atoms with Gasteiger partial charge in [0.15, 0.2) is 5.70 Å². The molecule has 0 saturated carbocycles. The number of hydrogen-bond acceptors (Lipinski definition) is 0. The molecular formula is C33H31BF2N2. The number of halogens is 2. The quantitative estimate of drug-likeness (QED) is 0.171. The lowest BCUT2D eigenvalue weighted by Gasteiger charge is -2.34. The summed E-state index contributed by atoms with van der Waals surface area (Å²) in [5, 5.41) is 7.15. The van der Waals surface area contributed by atoms with Crippen LogP contribution < -0.4 is 0 Å². The topological polar surface area (TPSA) is 7.94 Å². The van der Waals surface area contributed by atoms with Crippen LogP contribution in [-0.2, 0) is 6.42 Å². The summed E-state index contributed by atoms with van der Waals surface area (Å²) in [7, 11) is 0. The number of fused-ring (bicyclic) bond motifs is 2. The van der Waals surface area contributed by atoms with Crippen LogP contribution in [0.2, 0.25) is 0 Å². The lowest BCUT2D eigenvalue weighted by Crippen LogP contribution is -2.51. The number of nitrogens with zero attached hydrogens (tertiary/aromatic N) is 2. The minimum absolute atomic E-state index is 0.676. The van der Waals surface area contributed by atoms with Crippen molar-refractivity contribution in [2.45, 2.75) is 54.4 Å². The summed E-state index contributed by atoms with van der Waals surface area (Å²) in [5.41, 5.74) is 8.63. The number of aromatic nitrogens is 1. The zero-order valence-electron chi connectivity index (χ0n) is 22.8. The molecule has 2 aliphatic heterocycles. The van der Waals surface area contributed by atoms with Gasteiger partial charge >= 0.3 is 6.97 Å². The van der Waals surface area contributed by atoms with Crippen LogP contribution in [0, 0.1) is 13.8 Å². The van der Waals surface area contributed by atoms with E-state index in [2.05, 4.69) is 68.4 Å². The van der Waals surface area contributed by atoms with Crippen molar-refractivity contribution in [3.63, 3.8) is 0 Å². The Labute approximate surface area is 222 Å². The van der Waals surface area contributed by atoms with E-state index in [-0.39, 0.29) is 0 Å². The van der Waals surface area contributed by atoms with Crippen molar-refractivity contribution in [1.29, 1.82) is 0 Å². The summed E-state index contributed by atoms with van der Waals surface area (Å²) < 4.78 is 36.1. The number of allylic oxidation sites excluding steroid dienone is 2. The molecule has 0 radical (unpaired) electrons. The van der Waals surface area contributed by atoms with Crippen LogP contribution in [0.3, 0.4) is 0 Å². The molecule has 4 aromatic carbocycles. The lowest BCUT2D eigenvalue weighted by molar-refractivity contribution is -0.363. The highest BCUT2D eigenvalue weighted by Crippen LogP contribution is 2.49. The first-order valence-corrected chi connectivity index (χ1v) is 13.7. The maximum Gasteiger partial charge on any atom is 0.737 e. The minimum atomic E-state index is -4.04. The molecule has 38 heavy (non-hydrogen) atoms. The summed E-state index contributed by atoms with van der Waals surface area (Å²) in [4.78, 5) is 0. The molecule has 0 aliphatic carbocycles. The van der Waals surface area contributed by atoms with Gasteiger partial charge in [-0.3, -0.25) is 0 Å². The summed E-state index contributed by atoms with van der Waals surface area (Å²) in [6.07, 6.45) is 1.45. The number of hydrogen-bond donors (Lipinski definition) is 0. The third-order valence-corrected chi connectivity index (χ3v) is 9.29. The van der Waals surface area contributed by atoms with E-state index in [1.165, 1.54) is 35.9 Å². The number of benzene rings is 4. The van der Waals surface area contributed by atoms with E-state index in [1.54, 1.807) is 0 Å². The SMILES string of the molecule is CCC1=C(C)C2=C(c3ccc4ccc5cccc6ccc3c4c56)c3c(C)c(CC)c(C)n3[B-](F)(F)[N+]2=C1C. The van der Waals surface area contributed by atoms with Gasteiger partial charge < -0.3 is 17.6 Å². The Morgan fingerprint density at radius 2 is 1.42 bits per heavy atom. The van der Waals surface area contributed by atoms with Gasteiger partial charge in [-0.25, -0.2) is 0 Å². The molecule has 3 heterocycles. The molecule has 5 heteroatoms. The van der Waals surface area contributed by atoms with E-state index in [9.17, 15) is 0 Å². The molecule has 5 aromatic rings. The average molecular weight is 504 g/mol. The van der Waals surface area contributed by atoms with Crippen molar-refractivity contribution < 1.29 is 13.1 Å². The maximum atomic E-state index is 16.7. The Balaban J connectivity index is 1.71. The van der Waals surface area contributed by atoms with Crippen molar-refractivity contribution in [3.05, 3.63) is 99.5 Å². The zero-order chi connectivity index (χ0) is 26.7. The zero-order valence-corrected chi connectivity index (χ0v) is 22.8. The van der Waals surface area contributed by atoms with E-state index in [1.807, 2.05) is 27.7 Å². The molecule has 2 aliphatic rings. The Hall–Kier alpha value is -3.73. The van der Waals surface area contributed by atoms with Crippen LogP contribution in [0.15, 0.2) is 71.4 Å². The maximum absolute atomic E-state index is 16.7. The fourth-order valence-electron chi connectivity index (χ4n) is 7.69. The van der Waals surface area contributed by atoms with Gasteiger partial charge in [-0.1, -0.05) is 68.4 Å². The summed E-state index contributed by atoms with van der Waals surface area (Å²) in [6, 6.07) is 19.5. The van der Waals surface area contributed by atoms with Crippen molar-refractivity contribution in [3.8, 4) is 0 Å². The Bertz CT molecular complexity index is 1940. The fourth-order valence-corrected chi connectivity index (χ4v) is 7.69. The average Bonchev–Trinajstić information content (AvgIpc) is 3.32. The minimum Gasteiger partial charge on any atom is -0.393 e. The largest absolute Gasteiger partial charge is 0.737 e. The van der Waals surface area contributed by atoms with E-state index < -0.39 is 6.97 Å². The predicted octanol–water partition coefficient (Wildman–Crippen LogP) is 8.77. The lowest BCUT2D eigenvalue weighted by atomic mass is 9.81. The Morgan fingerprint density at radius 1 is 0.789 bits per heavy atom. The van der Waals surface area contributed by atoms with Crippen LogP contribution >= 0.6 is 0 Å². The second-order valence-electron chi connectivity index (χ2n) is 11.0. The molecule has 0 atom stereocenters. The first kappa shape index (κ1) is 23.4. The summed E-state index contributed by atoms with van der Waals surface area (Å²) in [5.74, 6) is 0. The highest BCUT2D eigenvalue weighted by atomic mass is 19.2. The molecule has 0 spiro atoms. The van der Waals surface area contributed by atoms with Gasteiger partial charge in [0, 0.05) is 23.8 Å². The van der Waals surface area contributed by atoms with Crippen LogP contribution in [0.25, 0.3) is 37.9 Å². The molecule has 0 fully saturated rings. The smallest absolute Gasteiger partial charge is 0.393 e. The molecule has 0 bridgehead atoms. The summed E-state index contributed by atoms with van der Waals surface area (Å²) in [6.45, 7) is 7.88. The fraction of sp³-hybridized carbons (Fsp3) is 0.242. The van der Waals surface area contributed by atoms with E-state index >= 15 is 8.63 Å². The van der Waals surface area contributed by atoms with Crippen molar-refractivity contribution in [2.75, 3.05) is 0 Å². The molecule has 1 aromatic heterocycles. The van der Waals surface area contributed by atoms with Crippen LogP contribution in [0.4, 0.5) is 8.63 Å². The van der Waals surface area contributed by atoms with Gasteiger partial charge in [-0.2, -0.15) is 0 Å². The molecule has 0 unspecified atom stereocenters. The van der Waals surface area contributed by atoms with Gasteiger partial charge in [0.05, 0.1) is 5.57 Å². The Morgan fingerprint density at radius 3 is 2.08 bits per heavy atom. The van der Waals surface area contributed by atoms with Crippen LogP contribution in [0.1, 0.15) is 62.2 Å². The molecule has 2 nitrogen and oxygen atoms in total. The van der Waals surface area contributed by atoms with E-state index in [0.717, 1.165) is 51.6 Å². The van der Waals surface area contributed by atoms with Crippen molar-refractivity contribution in [2.24, 2.45) is 0 Å². The monoisotopic (exact) mass is 504 g/mol. The van der Waals surface area contributed by atoms with Gasteiger partial charge in [0.2, 0.25) is 0 Å². The van der Waals surface area contributed by atoms with Gasteiger partial charge in [-0.05, 0) is 88.3 Å². The molecule has 0 amide bonds. The van der Waals surface area contributed by atoms with Gasteiger partial charge in [0.25, 0.3) is 0 Å². The highest BCUT2D eigenvalue weighted by Gasteiger charge is 2.56. The first-order chi connectivity index (χ1) is 18.2. The molecule has 7 rings (SSSR count). The standard InChI is InChI=1S/C33H31BF2N2/c1-7-25-18(3)32-31(33-19(4)26(8-2)21(6)38(33)34(35,36)37(32)20(25)5)28-17-15-24-13-12-22-10-9-11-23-14-16-27(28)30(24)29(22)23/h9-17H,7-8H2,1-6H3. The van der Waals surface area contributed by atoms with Crippen LogP contribution in [-0.4, -0.2) is 21.6 Å². The van der Waals surface area contributed by atoms with Crippen molar-refractivity contribution >= 4 is 50.6 Å². The summed E-state index contributed by atoms with van der Waals surface area (Å²) >= 11 is 0. The third-order valence-electron chi connectivity index (χ3n) is 9.29. The Kier molecular flexibility index (Phi) is 4.72. The highest BCUT2D eigenvalue weighted by molar-refractivity contribution is 6.58. The van der Waals surface area contributed by atoms with E-state index in [0.29, 0.717) is 22.8 Å². The molecule has 0 N–H and O–H groups in total. The number of rotatable bonds is 3. The predicted molar refractivity (Wildman–Crippen MR) is 157 cm³/mol. The van der Waals surface area contributed by atoms with Crippen LogP contribution in [0.5, 0.6) is 0 Å². The molecule has 190 valence electrons. The first-order valence-electron chi connectivity index (χ1n) is 13.7. The second-order valence-corrected chi connectivity index (χ2v) is 11.0. The third kappa shape index (κ3) is 2.64.